The molecule has 106 valence electrons. The molecule has 0 bridgehead atoms. The number of piperidine rings is 1. The highest BCUT2D eigenvalue weighted by Gasteiger charge is 2.25. The van der Waals surface area contributed by atoms with Gasteiger partial charge >= 0.3 is 5.97 Å². The topological polar surface area (TPSA) is 55.6 Å². The number of likely N-dealkylation sites (tertiary alicyclic amines) is 1. The van der Waals surface area contributed by atoms with Gasteiger partial charge in [-0.2, -0.15) is 0 Å². The van der Waals surface area contributed by atoms with Crippen molar-refractivity contribution in [2.75, 3.05) is 26.2 Å². The normalized spacial score (nSPS) is 25.4. The maximum atomic E-state index is 11.4. The van der Waals surface area contributed by atoms with E-state index >= 15 is 0 Å². The molecule has 1 saturated heterocycles. The van der Waals surface area contributed by atoms with Gasteiger partial charge in [-0.3, -0.25) is 4.79 Å². The molecule has 0 aliphatic carbocycles. The third-order valence-electron chi connectivity index (χ3n) is 3.33. The first-order chi connectivity index (χ1) is 8.51. The molecular weight excluding hydrogens is 228 g/mol. The minimum absolute atomic E-state index is 0.0768. The van der Waals surface area contributed by atoms with Crippen LogP contribution in [0.3, 0.4) is 0 Å². The summed E-state index contributed by atoms with van der Waals surface area (Å²) < 4.78 is 4.97. The van der Waals surface area contributed by atoms with E-state index < -0.39 is 0 Å². The van der Waals surface area contributed by atoms with E-state index in [0.29, 0.717) is 24.9 Å². The molecule has 18 heavy (non-hydrogen) atoms. The third-order valence-corrected chi connectivity index (χ3v) is 3.33. The lowest BCUT2D eigenvalue weighted by molar-refractivity contribution is -0.143. The Hall–Kier alpha value is -0.610. The molecule has 4 heteroatoms. The van der Waals surface area contributed by atoms with Crippen molar-refractivity contribution in [3.63, 3.8) is 0 Å². The molecule has 4 nitrogen and oxygen atoms in total. The van der Waals surface area contributed by atoms with E-state index in [2.05, 4.69) is 18.7 Å². The van der Waals surface area contributed by atoms with Crippen LogP contribution in [0.15, 0.2) is 0 Å². The highest BCUT2D eigenvalue weighted by molar-refractivity contribution is 5.69. The second-order valence-electron chi connectivity index (χ2n) is 5.82. The summed E-state index contributed by atoms with van der Waals surface area (Å²) in [6.45, 7) is 9.95. The van der Waals surface area contributed by atoms with Gasteiger partial charge < -0.3 is 15.4 Å². The lowest BCUT2D eigenvalue weighted by Gasteiger charge is -2.37. The Labute approximate surface area is 111 Å². The highest BCUT2D eigenvalue weighted by Crippen LogP contribution is 2.21. The lowest BCUT2D eigenvalue weighted by atomic mass is 9.90. The van der Waals surface area contributed by atoms with Gasteiger partial charge in [0.25, 0.3) is 0 Å². The summed E-state index contributed by atoms with van der Waals surface area (Å²) in [4.78, 5) is 13.8. The number of rotatable bonds is 6. The largest absolute Gasteiger partial charge is 0.466 e. The molecule has 0 aromatic rings. The van der Waals surface area contributed by atoms with Crippen LogP contribution in [-0.4, -0.2) is 43.2 Å². The second-order valence-corrected chi connectivity index (χ2v) is 5.82. The summed E-state index contributed by atoms with van der Waals surface area (Å²) in [5, 5.41) is 0. The van der Waals surface area contributed by atoms with Crippen LogP contribution in [0.4, 0.5) is 0 Å². The van der Waals surface area contributed by atoms with Crippen LogP contribution in [0.5, 0.6) is 0 Å². The molecule has 0 spiro atoms. The van der Waals surface area contributed by atoms with Gasteiger partial charge in [-0.1, -0.05) is 13.8 Å². The van der Waals surface area contributed by atoms with Crippen LogP contribution in [-0.2, 0) is 9.53 Å². The molecular formula is C14H28N2O2. The van der Waals surface area contributed by atoms with E-state index in [1.807, 2.05) is 6.92 Å². The molecule has 1 rings (SSSR count). The fraction of sp³-hybridized carbons (Fsp3) is 0.929. The first-order valence-corrected chi connectivity index (χ1v) is 7.14. The Morgan fingerprint density at radius 1 is 1.44 bits per heavy atom. The molecule has 1 fully saturated rings. The van der Waals surface area contributed by atoms with Crippen molar-refractivity contribution >= 4 is 5.97 Å². The predicted octanol–water partition coefficient (Wildman–Crippen LogP) is 1.63. The SMILES string of the molecule is CCOC(=O)CCC1CC(N)CN(CC(C)C)C1. The standard InChI is InChI=1S/C14H28N2O2/c1-4-18-14(17)6-5-12-7-13(15)10-16(9-12)8-11(2)3/h11-13H,4-10,15H2,1-3H3. The van der Waals surface area contributed by atoms with E-state index in [1.165, 1.54) is 0 Å². The predicted molar refractivity (Wildman–Crippen MR) is 73.2 cm³/mol. The molecule has 0 radical (unpaired) electrons. The molecule has 2 N–H and O–H groups in total. The van der Waals surface area contributed by atoms with Crippen molar-refractivity contribution in [1.82, 2.24) is 4.90 Å². The lowest BCUT2D eigenvalue weighted by Crippen LogP contribution is -2.48. The van der Waals surface area contributed by atoms with Crippen LogP contribution in [0.2, 0.25) is 0 Å². The number of ether oxygens (including phenoxy) is 1. The van der Waals surface area contributed by atoms with Gasteiger partial charge in [0.05, 0.1) is 6.61 Å². The van der Waals surface area contributed by atoms with Gasteiger partial charge in [-0.15, -0.1) is 0 Å². The fourth-order valence-electron chi connectivity index (χ4n) is 2.78. The zero-order chi connectivity index (χ0) is 13.5. The smallest absolute Gasteiger partial charge is 0.305 e. The van der Waals surface area contributed by atoms with Crippen molar-refractivity contribution in [2.24, 2.45) is 17.6 Å². The zero-order valence-electron chi connectivity index (χ0n) is 12.0. The van der Waals surface area contributed by atoms with E-state index in [4.69, 9.17) is 10.5 Å². The minimum atomic E-state index is -0.0768. The summed E-state index contributed by atoms with van der Waals surface area (Å²) in [6.07, 6.45) is 2.47. The summed E-state index contributed by atoms with van der Waals surface area (Å²) >= 11 is 0. The van der Waals surface area contributed by atoms with Crippen molar-refractivity contribution < 1.29 is 9.53 Å². The summed E-state index contributed by atoms with van der Waals surface area (Å²) in [5.74, 6) is 1.13. The summed E-state index contributed by atoms with van der Waals surface area (Å²) in [5.41, 5.74) is 6.10. The molecule has 1 aliphatic rings. The van der Waals surface area contributed by atoms with Crippen molar-refractivity contribution in [2.45, 2.75) is 46.1 Å². The Morgan fingerprint density at radius 2 is 2.17 bits per heavy atom. The number of carbonyl (C=O) groups excluding carboxylic acids is 1. The van der Waals surface area contributed by atoms with E-state index in [1.54, 1.807) is 0 Å². The molecule has 2 unspecified atom stereocenters. The quantitative estimate of drug-likeness (QED) is 0.734. The summed E-state index contributed by atoms with van der Waals surface area (Å²) in [6, 6.07) is 0.254. The van der Waals surface area contributed by atoms with Crippen LogP contribution >= 0.6 is 0 Å². The van der Waals surface area contributed by atoms with Gasteiger partial charge in [0.1, 0.15) is 0 Å². The molecule has 1 aliphatic heterocycles. The molecule has 0 aromatic carbocycles. The molecule has 0 aromatic heterocycles. The van der Waals surface area contributed by atoms with Crippen LogP contribution in [0.25, 0.3) is 0 Å². The zero-order valence-corrected chi connectivity index (χ0v) is 12.0. The van der Waals surface area contributed by atoms with Gasteiger partial charge in [-0.25, -0.2) is 0 Å². The molecule has 0 saturated carbocycles. The number of esters is 1. The first kappa shape index (κ1) is 15.4. The number of nitrogens with zero attached hydrogens (tertiary/aromatic N) is 1. The van der Waals surface area contributed by atoms with Crippen molar-refractivity contribution in [3.8, 4) is 0 Å². The van der Waals surface area contributed by atoms with Crippen molar-refractivity contribution in [1.29, 1.82) is 0 Å². The Bertz CT molecular complexity index is 254. The van der Waals surface area contributed by atoms with Crippen LogP contribution in [0.1, 0.15) is 40.0 Å². The molecule has 0 amide bonds. The monoisotopic (exact) mass is 256 g/mol. The second kappa shape index (κ2) is 7.74. The Balaban J connectivity index is 2.33. The van der Waals surface area contributed by atoms with Crippen molar-refractivity contribution in [3.05, 3.63) is 0 Å². The average molecular weight is 256 g/mol. The van der Waals surface area contributed by atoms with E-state index in [-0.39, 0.29) is 12.0 Å². The number of nitrogens with two attached hydrogens (primary N) is 1. The maximum absolute atomic E-state index is 11.4. The third kappa shape index (κ3) is 5.83. The van der Waals surface area contributed by atoms with Crippen LogP contribution in [0, 0.1) is 11.8 Å². The number of hydrogen-bond acceptors (Lipinski definition) is 4. The summed E-state index contributed by atoms with van der Waals surface area (Å²) in [7, 11) is 0. The average Bonchev–Trinajstić information content (AvgIpc) is 2.25. The fourth-order valence-corrected chi connectivity index (χ4v) is 2.78. The van der Waals surface area contributed by atoms with Crippen LogP contribution < -0.4 is 5.73 Å². The Morgan fingerprint density at radius 3 is 2.78 bits per heavy atom. The van der Waals surface area contributed by atoms with E-state index in [9.17, 15) is 4.79 Å². The molecule has 2 atom stereocenters. The number of carbonyl (C=O) groups is 1. The van der Waals surface area contributed by atoms with Gasteiger partial charge in [0.15, 0.2) is 0 Å². The minimum Gasteiger partial charge on any atom is -0.466 e. The maximum Gasteiger partial charge on any atom is 0.305 e. The first-order valence-electron chi connectivity index (χ1n) is 7.14. The van der Waals surface area contributed by atoms with E-state index in [0.717, 1.165) is 32.5 Å². The van der Waals surface area contributed by atoms with Gasteiger partial charge in [0.2, 0.25) is 0 Å². The molecule has 1 heterocycles. The highest BCUT2D eigenvalue weighted by atomic mass is 16.5. The van der Waals surface area contributed by atoms with Gasteiger partial charge in [0, 0.05) is 32.1 Å². The number of hydrogen-bond donors (Lipinski definition) is 1. The Kier molecular flexibility index (Phi) is 6.65. The van der Waals surface area contributed by atoms with Gasteiger partial charge in [-0.05, 0) is 31.6 Å².